The molecule has 0 radical (unpaired) electrons. The standard InChI is InChI=1S/C9H14F2N2O2/c1-2-7(5-12)9(14)13-3-4-15-6-8(10)11/h7-8H,2-4,6H2,1H3,(H,13,14). The van der Waals surface area contributed by atoms with Crippen molar-refractivity contribution in [3.05, 3.63) is 0 Å². The lowest BCUT2D eigenvalue weighted by Crippen LogP contribution is -2.32. The molecule has 1 atom stereocenters. The predicted octanol–water partition coefficient (Wildman–Crippen LogP) is 0.934. The maximum Gasteiger partial charge on any atom is 0.261 e. The second-order valence-electron chi connectivity index (χ2n) is 2.85. The molecule has 0 heterocycles. The fraction of sp³-hybridized carbons (Fsp3) is 0.778. The van der Waals surface area contributed by atoms with Crippen LogP contribution in [0.5, 0.6) is 0 Å². The zero-order valence-corrected chi connectivity index (χ0v) is 8.50. The van der Waals surface area contributed by atoms with Crippen LogP contribution in [0, 0.1) is 17.2 Å². The van der Waals surface area contributed by atoms with Crippen LogP contribution in [0.3, 0.4) is 0 Å². The fourth-order valence-corrected chi connectivity index (χ4v) is 0.877. The monoisotopic (exact) mass is 220 g/mol. The number of ether oxygens (including phenoxy) is 1. The molecule has 0 aromatic rings. The van der Waals surface area contributed by atoms with Crippen molar-refractivity contribution in [3.63, 3.8) is 0 Å². The van der Waals surface area contributed by atoms with Crippen LogP contribution in [0.25, 0.3) is 0 Å². The number of rotatable bonds is 7. The third-order valence-corrected chi connectivity index (χ3v) is 1.67. The van der Waals surface area contributed by atoms with E-state index in [2.05, 4.69) is 10.1 Å². The Bertz CT molecular complexity index is 229. The van der Waals surface area contributed by atoms with Gasteiger partial charge in [-0.05, 0) is 6.42 Å². The molecule has 1 N–H and O–H groups in total. The van der Waals surface area contributed by atoms with E-state index in [1.54, 1.807) is 6.92 Å². The van der Waals surface area contributed by atoms with Gasteiger partial charge in [-0.15, -0.1) is 0 Å². The van der Waals surface area contributed by atoms with E-state index in [0.717, 1.165) is 0 Å². The molecule has 0 saturated carbocycles. The van der Waals surface area contributed by atoms with Gasteiger partial charge in [-0.25, -0.2) is 8.78 Å². The van der Waals surface area contributed by atoms with Crippen molar-refractivity contribution in [2.24, 2.45) is 5.92 Å². The van der Waals surface area contributed by atoms with E-state index in [1.165, 1.54) is 0 Å². The summed E-state index contributed by atoms with van der Waals surface area (Å²) in [6, 6.07) is 1.84. The summed E-state index contributed by atoms with van der Waals surface area (Å²) in [6.45, 7) is 1.26. The molecule has 0 aliphatic heterocycles. The minimum absolute atomic E-state index is 0.0257. The summed E-state index contributed by atoms with van der Waals surface area (Å²) in [5.74, 6) is -1.07. The Morgan fingerprint density at radius 2 is 2.27 bits per heavy atom. The van der Waals surface area contributed by atoms with Crippen LogP contribution >= 0.6 is 0 Å². The first-order valence-corrected chi connectivity index (χ1v) is 4.65. The Kier molecular flexibility index (Phi) is 7.46. The Morgan fingerprint density at radius 1 is 1.60 bits per heavy atom. The van der Waals surface area contributed by atoms with Crippen molar-refractivity contribution in [3.8, 4) is 6.07 Å². The molecular formula is C9H14F2N2O2. The molecule has 0 aliphatic carbocycles. The highest BCUT2D eigenvalue weighted by molar-refractivity contribution is 5.80. The molecule has 0 aliphatic rings. The molecule has 0 aromatic carbocycles. The van der Waals surface area contributed by atoms with Crippen molar-refractivity contribution in [2.75, 3.05) is 19.8 Å². The number of carbonyl (C=O) groups excluding carboxylic acids is 1. The summed E-state index contributed by atoms with van der Waals surface area (Å²) in [4.78, 5) is 11.2. The van der Waals surface area contributed by atoms with Gasteiger partial charge in [-0.2, -0.15) is 5.26 Å². The van der Waals surface area contributed by atoms with E-state index < -0.39 is 19.0 Å². The molecule has 0 aromatic heterocycles. The maximum absolute atomic E-state index is 11.6. The summed E-state index contributed by atoms with van der Waals surface area (Å²) in [6.07, 6.45) is -2.07. The van der Waals surface area contributed by atoms with Crippen LogP contribution < -0.4 is 5.32 Å². The summed E-state index contributed by atoms with van der Waals surface area (Å²) in [5.41, 5.74) is 0. The minimum Gasteiger partial charge on any atom is -0.374 e. The molecule has 0 spiro atoms. The number of carbonyl (C=O) groups is 1. The number of hydrogen-bond donors (Lipinski definition) is 1. The number of halogens is 2. The molecule has 4 nitrogen and oxygen atoms in total. The lowest BCUT2D eigenvalue weighted by atomic mass is 10.1. The van der Waals surface area contributed by atoms with Crippen LogP contribution in [-0.2, 0) is 9.53 Å². The second-order valence-corrected chi connectivity index (χ2v) is 2.85. The van der Waals surface area contributed by atoms with E-state index in [1.807, 2.05) is 6.07 Å². The van der Waals surface area contributed by atoms with Crippen LogP contribution in [0.2, 0.25) is 0 Å². The molecule has 0 saturated heterocycles. The van der Waals surface area contributed by atoms with Gasteiger partial charge >= 0.3 is 0 Å². The summed E-state index contributed by atoms with van der Waals surface area (Å²) >= 11 is 0. The molecule has 1 amide bonds. The minimum atomic E-state index is -2.50. The topological polar surface area (TPSA) is 62.1 Å². The van der Waals surface area contributed by atoms with E-state index in [9.17, 15) is 13.6 Å². The smallest absolute Gasteiger partial charge is 0.261 e. The SMILES string of the molecule is CCC(C#N)C(=O)NCCOCC(F)F. The van der Waals surface area contributed by atoms with Crippen molar-refractivity contribution in [1.29, 1.82) is 5.26 Å². The highest BCUT2D eigenvalue weighted by atomic mass is 19.3. The quantitative estimate of drug-likeness (QED) is 0.649. The molecule has 6 heteroatoms. The first-order valence-electron chi connectivity index (χ1n) is 4.65. The Labute approximate surface area is 87.2 Å². The molecule has 0 fully saturated rings. The number of alkyl halides is 2. The number of amides is 1. The maximum atomic E-state index is 11.6. The number of hydrogen-bond acceptors (Lipinski definition) is 3. The summed E-state index contributed by atoms with van der Waals surface area (Å²) < 4.78 is 27.8. The lowest BCUT2D eigenvalue weighted by Gasteiger charge is -2.08. The number of nitrogens with zero attached hydrogens (tertiary/aromatic N) is 1. The Balaban J connectivity index is 3.51. The molecule has 1 unspecified atom stereocenters. The van der Waals surface area contributed by atoms with Gasteiger partial charge in [0.2, 0.25) is 5.91 Å². The van der Waals surface area contributed by atoms with Crippen LogP contribution in [0.15, 0.2) is 0 Å². The van der Waals surface area contributed by atoms with Crippen molar-refractivity contribution >= 4 is 5.91 Å². The average molecular weight is 220 g/mol. The largest absolute Gasteiger partial charge is 0.374 e. The lowest BCUT2D eigenvalue weighted by molar-refractivity contribution is -0.123. The fourth-order valence-electron chi connectivity index (χ4n) is 0.877. The molecule has 0 bridgehead atoms. The zero-order valence-electron chi connectivity index (χ0n) is 8.50. The highest BCUT2D eigenvalue weighted by Crippen LogP contribution is 1.99. The predicted molar refractivity (Wildman–Crippen MR) is 49.2 cm³/mol. The van der Waals surface area contributed by atoms with Crippen molar-refractivity contribution < 1.29 is 18.3 Å². The van der Waals surface area contributed by atoms with Gasteiger partial charge in [0.15, 0.2) is 0 Å². The molecule has 86 valence electrons. The number of nitriles is 1. The van der Waals surface area contributed by atoms with Crippen LogP contribution in [0.4, 0.5) is 8.78 Å². The molecule has 15 heavy (non-hydrogen) atoms. The summed E-state index contributed by atoms with van der Waals surface area (Å²) in [7, 11) is 0. The van der Waals surface area contributed by atoms with E-state index in [4.69, 9.17) is 5.26 Å². The molecule has 0 rings (SSSR count). The average Bonchev–Trinajstić information content (AvgIpc) is 2.18. The van der Waals surface area contributed by atoms with Crippen molar-refractivity contribution in [1.82, 2.24) is 5.32 Å². The van der Waals surface area contributed by atoms with Gasteiger partial charge in [0.25, 0.3) is 6.43 Å². The third-order valence-electron chi connectivity index (χ3n) is 1.67. The Morgan fingerprint density at radius 3 is 2.73 bits per heavy atom. The van der Waals surface area contributed by atoms with Gasteiger partial charge < -0.3 is 10.1 Å². The Hall–Kier alpha value is -1.22. The van der Waals surface area contributed by atoms with Crippen LogP contribution in [0.1, 0.15) is 13.3 Å². The second kappa shape index (κ2) is 8.12. The van der Waals surface area contributed by atoms with Crippen molar-refractivity contribution in [2.45, 2.75) is 19.8 Å². The third kappa shape index (κ3) is 6.80. The van der Waals surface area contributed by atoms with Gasteiger partial charge in [0, 0.05) is 6.54 Å². The zero-order chi connectivity index (χ0) is 11.7. The van der Waals surface area contributed by atoms with Gasteiger partial charge in [0.05, 0.1) is 12.7 Å². The van der Waals surface area contributed by atoms with E-state index in [0.29, 0.717) is 6.42 Å². The van der Waals surface area contributed by atoms with E-state index in [-0.39, 0.29) is 19.1 Å². The van der Waals surface area contributed by atoms with Crippen LogP contribution in [-0.4, -0.2) is 32.1 Å². The van der Waals surface area contributed by atoms with Gasteiger partial charge in [0.1, 0.15) is 12.5 Å². The first-order chi connectivity index (χ1) is 7.11. The highest BCUT2D eigenvalue weighted by Gasteiger charge is 2.14. The first kappa shape index (κ1) is 13.8. The molecular weight excluding hydrogens is 206 g/mol. The number of nitrogens with one attached hydrogen (secondary N) is 1. The van der Waals surface area contributed by atoms with E-state index >= 15 is 0 Å². The van der Waals surface area contributed by atoms with Gasteiger partial charge in [-0.3, -0.25) is 4.79 Å². The van der Waals surface area contributed by atoms with Gasteiger partial charge in [-0.1, -0.05) is 6.92 Å². The summed E-state index contributed by atoms with van der Waals surface area (Å²) in [5, 5.41) is 11.0. The normalized spacial score (nSPS) is 12.2.